The van der Waals surface area contributed by atoms with Crippen LogP contribution < -0.4 is 19.5 Å². The zero-order valence-electron chi connectivity index (χ0n) is 12.9. The van der Waals surface area contributed by atoms with Gasteiger partial charge in [0.1, 0.15) is 5.75 Å². The minimum atomic E-state index is -0.112. The summed E-state index contributed by atoms with van der Waals surface area (Å²) in [6, 6.07) is 11.1. The quantitative estimate of drug-likeness (QED) is 0.788. The van der Waals surface area contributed by atoms with E-state index in [-0.39, 0.29) is 19.1 Å². The smallest absolute Gasteiger partial charge is 0.231 e. The second kappa shape index (κ2) is 6.01. The summed E-state index contributed by atoms with van der Waals surface area (Å²) in [4.78, 5) is 16.6. The number of nitrogens with zero attached hydrogens (tertiary/aromatic N) is 1. The normalized spacial score (nSPS) is 12.4. The molecule has 1 aromatic heterocycles. The van der Waals surface area contributed by atoms with Crippen molar-refractivity contribution in [1.29, 1.82) is 0 Å². The Morgan fingerprint density at radius 3 is 2.75 bits per heavy atom. The first kappa shape index (κ1) is 14.8. The first-order valence-corrected chi connectivity index (χ1v) is 8.16. The van der Waals surface area contributed by atoms with Crippen LogP contribution in [-0.4, -0.2) is 24.8 Å². The van der Waals surface area contributed by atoms with Crippen LogP contribution in [0.3, 0.4) is 0 Å². The summed E-state index contributed by atoms with van der Waals surface area (Å²) < 4.78 is 16.7. The van der Waals surface area contributed by atoms with Crippen LogP contribution in [0.5, 0.6) is 17.2 Å². The number of nitrogens with one attached hydrogen (secondary N) is 1. The molecule has 4 rings (SSSR count). The molecule has 0 saturated carbocycles. The second-order valence-electron chi connectivity index (χ2n) is 5.27. The third-order valence-electron chi connectivity index (χ3n) is 3.65. The second-order valence-corrected chi connectivity index (χ2v) is 6.30. The Kier molecular flexibility index (Phi) is 3.70. The van der Waals surface area contributed by atoms with Gasteiger partial charge in [-0.15, -0.1) is 0 Å². The first-order valence-electron chi connectivity index (χ1n) is 7.34. The van der Waals surface area contributed by atoms with Gasteiger partial charge in [0.2, 0.25) is 12.7 Å². The summed E-state index contributed by atoms with van der Waals surface area (Å²) in [5, 5.41) is 3.40. The molecule has 1 aliphatic rings. The molecular weight excluding hydrogens is 328 g/mol. The largest absolute Gasteiger partial charge is 0.497 e. The number of anilines is 1. The number of amides is 1. The average Bonchev–Trinajstić information content (AvgIpc) is 3.18. The van der Waals surface area contributed by atoms with Crippen LogP contribution in [0, 0.1) is 0 Å². The van der Waals surface area contributed by atoms with Gasteiger partial charge in [0.15, 0.2) is 16.6 Å². The lowest BCUT2D eigenvalue weighted by molar-refractivity contribution is -0.115. The van der Waals surface area contributed by atoms with E-state index in [0.29, 0.717) is 16.6 Å². The Morgan fingerprint density at radius 2 is 2.00 bits per heavy atom. The summed E-state index contributed by atoms with van der Waals surface area (Å²) in [6.07, 6.45) is 0.280. The maximum Gasteiger partial charge on any atom is 0.231 e. The van der Waals surface area contributed by atoms with Crippen LogP contribution in [0.2, 0.25) is 0 Å². The van der Waals surface area contributed by atoms with Gasteiger partial charge in [0.05, 0.1) is 23.7 Å². The monoisotopic (exact) mass is 342 g/mol. The maximum atomic E-state index is 12.2. The number of methoxy groups -OCH3 is 1. The van der Waals surface area contributed by atoms with E-state index in [1.165, 1.54) is 11.3 Å². The highest BCUT2D eigenvalue weighted by atomic mass is 32.1. The predicted molar refractivity (Wildman–Crippen MR) is 91.1 cm³/mol. The number of carbonyl (C=O) groups excluding carboxylic acids is 1. The first-order chi connectivity index (χ1) is 11.7. The van der Waals surface area contributed by atoms with Crippen LogP contribution >= 0.6 is 11.3 Å². The Labute approximate surface area is 142 Å². The van der Waals surface area contributed by atoms with E-state index in [1.54, 1.807) is 7.11 Å². The van der Waals surface area contributed by atoms with Crippen molar-refractivity contribution in [3.8, 4) is 17.2 Å². The number of carbonyl (C=O) groups is 1. The molecule has 3 aromatic rings. The van der Waals surface area contributed by atoms with Crippen molar-refractivity contribution in [3.05, 3.63) is 42.0 Å². The van der Waals surface area contributed by atoms with Gasteiger partial charge in [0, 0.05) is 12.1 Å². The highest BCUT2D eigenvalue weighted by Gasteiger charge is 2.17. The van der Waals surface area contributed by atoms with Crippen molar-refractivity contribution < 1.29 is 19.0 Å². The highest BCUT2D eigenvalue weighted by molar-refractivity contribution is 7.22. The maximum absolute atomic E-state index is 12.2. The van der Waals surface area contributed by atoms with E-state index in [1.807, 2.05) is 36.4 Å². The van der Waals surface area contributed by atoms with Gasteiger partial charge in [-0.2, -0.15) is 0 Å². The molecule has 0 spiro atoms. The van der Waals surface area contributed by atoms with Crippen molar-refractivity contribution in [1.82, 2.24) is 4.98 Å². The topological polar surface area (TPSA) is 69.7 Å². The van der Waals surface area contributed by atoms with E-state index in [4.69, 9.17) is 14.2 Å². The fraction of sp³-hybridized carbons (Fsp3) is 0.176. The van der Waals surface area contributed by atoms with Crippen molar-refractivity contribution in [2.45, 2.75) is 6.42 Å². The molecule has 6 nitrogen and oxygen atoms in total. The average molecular weight is 342 g/mol. The molecule has 0 unspecified atom stereocenters. The van der Waals surface area contributed by atoms with E-state index >= 15 is 0 Å². The van der Waals surface area contributed by atoms with Crippen LogP contribution in [-0.2, 0) is 11.2 Å². The minimum absolute atomic E-state index is 0.112. The lowest BCUT2D eigenvalue weighted by Gasteiger charge is -2.03. The van der Waals surface area contributed by atoms with Crippen LogP contribution in [0.25, 0.3) is 10.2 Å². The van der Waals surface area contributed by atoms with Gasteiger partial charge in [-0.1, -0.05) is 23.5 Å². The molecule has 24 heavy (non-hydrogen) atoms. The minimum Gasteiger partial charge on any atom is -0.497 e. The SMILES string of the molecule is COc1ccc(CC(=O)Nc2nc3cc4c(cc3s2)OCO4)cc1. The molecule has 1 aliphatic heterocycles. The zero-order valence-corrected chi connectivity index (χ0v) is 13.7. The Balaban J connectivity index is 1.48. The molecule has 1 N–H and O–H groups in total. The van der Waals surface area contributed by atoms with Crippen molar-refractivity contribution in [3.63, 3.8) is 0 Å². The summed E-state index contributed by atoms with van der Waals surface area (Å²) >= 11 is 1.41. The Hall–Kier alpha value is -2.80. The predicted octanol–water partition coefficient (Wildman–Crippen LogP) is 3.21. The summed E-state index contributed by atoms with van der Waals surface area (Å²) in [5.41, 5.74) is 1.69. The Morgan fingerprint density at radius 1 is 1.25 bits per heavy atom. The van der Waals surface area contributed by atoms with Crippen molar-refractivity contribution >= 4 is 32.6 Å². The standard InChI is InChI=1S/C17H14N2O4S/c1-21-11-4-2-10(3-5-11)6-16(20)19-17-18-12-7-13-14(23-9-22-13)8-15(12)24-17/h2-5,7-8H,6,9H2,1H3,(H,18,19,20). The van der Waals surface area contributed by atoms with Crippen molar-refractivity contribution in [2.75, 3.05) is 19.2 Å². The summed E-state index contributed by atoms with van der Waals surface area (Å²) in [7, 11) is 1.61. The molecule has 122 valence electrons. The molecule has 0 aliphatic carbocycles. The molecule has 7 heteroatoms. The third-order valence-corrected chi connectivity index (χ3v) is 4.59. The fourth-order valence-electron chi connectivity index (χ4n) is 2.46. The molecule has 2 heterocycles. The van der Waals surface area contributed by atoms with E-state index in [2.05, 4.69) is 10.3 Å². The van der Waals surface area contributed by atoms with Gasteiger partial charge < -0.3 is 19.5 Å². The number of hydrogen-bond acceptors (Lipinski definition) is 6. The third kappa shape index (κ3) is 2.85. The number of thiazole rings is 1. The lowest BCUT2D eigenvalue weighted by Crippen LogP contribution is -2.14. The number of aromatic nitrogens is 1. The zero-order chi connectivity index (χ0) is 16.5. The number of fused-ring (bicyclic) bond motifs is 2. The highest BCUT2D eigenvalue weighted by Crippen LogP contribution is 2.38. The fourth-order valence-corrected chi connectivity index (χ4v) is 3.36. The molecule has 2 aromatic carbocycles. The number of ether oxygens (including phenoxy) is 3. The van der Waals surface area contributed by atoms with Crippen molar-refractivity contribution in [2.24, 2.45) is 0 Å². The molecule has 0 atom stereocenters. The van der Waals surface area contributed by atoms with E-state index < -0.39 is 0 Å². The van der Waals surface area contributed by atoms with E-state index in [9.17, 15) is 4.79 Å². The molecule has 0 radical (unpaired) electrons. The summed E-state index contributed by atoms with van der Waals surface area (Å²) in [6.45, 7) is 0.234. The molecule has 0 fully saturated rings. The van der Waals surface area contributed by atoms with E-state index in [0.717, 1.165) is 21.5 Å². The number of rotatable bonds is 4. The molecule has 0 bridgehead atoms. The molecule has 0 saturated heterocycles. The van der Waals surface area contributed by atoms with Gasteiger partial charge in [0.25, 0.3) is 0 Å². The van der Waals surface area contributed by atoms with Gasteiger partial charge in [-0.05, 0) is 17.7 Å². The van der Waals surface area contributed by atoms with Crippen LogP contribution in [0.15, 0.2) is 36.4 Å². The van der Waals surface area contributed by atoms with Gasteiger partial charge >= 0.3 is 0 Å². The van der Waals surface area contributed by atoms with Gasteiger partial charge in [-0.25, -0.2) is 4.98 Å². The number of hydrogen-bond donors (Lipinski definition) is 1. The van der Waals surface area contributed by atoms with Crippen LogP contribution in [0.4, 0.5) is 5.13 Å². The summed E-state index contributed by atoms with van der Waals surface area (Å²) in [5.74, 6) is 2.05. The van der Waals surface area contributed by atoms with Crippen LogP contribution in [0.1, 0.15) is 5.56 Å². The molecular formula is C17H14N2O4S. The van der Waals surface area contributed by atoms with Gasteiger partial charge in [-0.3, -0.25) is 4.79 Å². The lowest BCUT2D eigenvalue weighted by atomic mass is 10.1. The Bertz CT molecular complexity index is 864. The number of benzene rings is 2. The molecule has 1 amide bonds.